The van der Waals surface area contributed by atoms with Crippen LogP contribution in [0.3, 0.4) is 0 Å². The fourth-order valence-electron chi connectivity index (χ4n) is 1.34. The minimum Gasteiger partial charge on any atom is -0.444 e. The molecule has 0 unspecified atom stereocenters. The number of anilines is 1. The summed E-state index contributed by atoms with van der Waals surface area (Å²) in [5.74, 6) is 5.09. The first kappa shape index (κ1) is 16.0. The smallest absolute Gasteiger partial charge is 0.412 e. The number of nitrogens with one attached hydrogen (secondary N) is 2. The molecule has 0 saturated carbocycles. The number of hydrogen-bond acceptors (Lipinski definition) is 3. The van der Waals surface area contributed by atoms with Crippen molar-refractivity contribution in [3.05, 3.63) is 29.6 Å². The Hall–Kier alpha value is -2.06. The van der Waals surface area contributed by atoms with Crippen LogP contribution in [-0.2, 0) is 4.74 Å². The molecule has 2 N–H and O–H groups in total. The summed E-state index contributed by atoms with van der Waals surface area (Å²) in [6, 6.07) is 4.37. The lowest BCUT2D eigenvalue weighted by molar-refractivity contribution is 0.0635. The summed E-state index contributed by atoms with van der Waals surface area (Å²) in [5.41, 5.74) is -0.00929. The lowest BCUT2D eigenvalue weighted by Gasteiger charge is -2.19. The van der Waals surface area contributed by atoms with Crippen molar-refractivity contribution in [3.63, 3.8) is 0 Å². The Balaban J connectivity index is 2.74. The number of hydrogen-bond donors (Lipinski definition) is 2. The molecule has 0 atom stereocenters. The molecule has 0 fully saturated rings. The quantitative estimate of drug-likeness (QED) is 0.818. The van der Waals surface area contributed by atoms with Gasteiger partial charge in [-0.3, -0.25) is 5.32 Å². The van der Waals surface area contributed by atoms with Crippen LogP contribution in [0.15, 0.2) is 18.2 Å². The summed E-state index contributed by atoms with van der Waals surface area (Å²) in [4.78, 5) is 11.5. The number of benzene rings is 1. The van der Waals surface area contributed by atoms with Gasteiger partial charge in [-0.25, -0.2) is 9.18 Å². The van der Waals surface area contributed by atoms with Crippen LogP contribution in [0.1, 0.15) is 26.3 Å². The average molecular weight is 278 g/mol. The van der Waals surface area contributed by atoms with Crippen LogP contribution in [0, 0.1) is 17.7 Å². The van der Waals surface area contributed by atoms with Gasteiger partial charge in [-0.2, -0.15) is 0 Å². The fraction of sp³-hybridized carbons (Fsp3) is 0.400. The van der Waals surface area contributed by atoms with Gasteiger partial charge in [0.1, 0.15) is 11.4 Å². The Morgan fingerprint density at radius 2 is 2.10 bits per heavy atom. The van der Waals surface area contributed by atoms with Gasteiger partial charge >= 0.3 is 6.09 Å². The number of ether oxygens (including phenoxy) is 1. The zero-order valence-electron chi connectivity index (χ0n) is 12.1. The van der Waals surface area contributed by atoms with Gasteiger partial charge in [-0.1, -0.05) is 11.8 Å². The van der Waals surface area contributed by atoms with E-state index in [9.17, 15) is 9.18 Å². The number of carbonyl (C=O) groups is 1. The number of amides is 1. The van der Waals surface area contributed by atoms with Crippen LogP contribution in [0.25, 0.3) is 0 Å². The Bertz CT molecular complexity index is 539. The summed E-state index contributed by atoms with van der Waals surface area (Å²) >= 11 is 0. The molecule has 0 radical (unpaired) electrons. The summed E-state index contributed by atoms with van der Waals surface area (Å²) < 4.78 is 18.9. The highest BCUT2D eigenvalue weighted by Gasteiger charge is 2.17. The van der Waals surface area contributed by atoms with E-state index >= 15 is 0 Å². The van der Waals surface area contributed by atoms with Crippen molar-refractivity contribution in [3.8, 4) is 11.8 Å². The molecule has 0 bridgehead atoms. The molecule has 4 nitrogen and oxygen atoms in total. The van der Waals surface area contributed by atoms with Crippen molar-refractivity contribution < 1.29 is 13.9 Å². The third-order valence-corrected chi connectivity index (χ3v) is 2.10. The van der Waals surface area contributed by atoms with E-state index in [1.54, 1.807) is 33.9 Å². The second-order valence-electron chi connectivity index (χ2n) is 5.15. The zero-order chi connectivity index (χ0) is 15.2. The molecule has 0 aliphatic rings. The third-order valence-electron chi connectivity index (χ3n) is 2.10. The van der Waals surface area contributed by atoms with Crippen molar-refractivity contribution in [2.45, 2.75) is 26.4 Å². The van der Waals surface area contributed by atoms with E-state index in [1.165, 1.54) is 12.1 Å². The second-order valence-corrected chi connectivity index (χ2v) is 5.15. The van der Waals surface area contributed by atoms with Gasteiger partial charge < -0.3 is 10.1 Å². The van der Waals surface area contributed by atoms with E-state index in [1.807, 2.05) is 0 Å². The number of rotatable bonds is 2. The third kappa shape index (κ3) is 5.72. The Kier molecular flexibility index (Phi) is 5.53. The highest BCUT2D eigenvalue weighted by molar-refractivity contribution is 5.85. The highest BCUT2D eigenvalue weighted by Crippen LogP contribution is 2.17. The number of halogens is 1. The predicted octanol–water partition coefficient (Wildman–Crippen LogP) is 2.74. The van der Waals surface area contributed by atoms with Gasteiger partial charge in [0.25, 0.3) is 0 Å². The van der Waals surface area contributed by atoms with E-state index in [0.29, 0.717) is 12.1 Å². The topological polar surface area (TPSA) is 50.4 Å². The van der Waals surface area contributed by atoms with Crippen LogP contribution in [0.2, 0.25) is 0 Å². The van der Waals surface area contributed by atoms with Crippen LogP contribution in [-0.4, -0.2) is 25.3 Å². The SMILES string of the molecule is CNCC#Cc1ccc(NC(=O)OC(C)(C)C)c(F)c1. The number of carbonyl (C=O) groups excluding carboxylic acids is 1. The summed E-state index contributed by atoms with van der Waals surface area (Å²) in [6.45, 7) is 5.75. The molecule has 0 saturated heterocycles. The minimum atomic E-state index is -0.689. The lowest BCUT2D eigenvalue weighted by Crippen LogP contribution is -2.27. The lowest BCUT2D eigenvalue weighted by atomic mass is 10.2. The average Bonchev–Trinajstić information content (AvgIpc) is 2.30. The van der Waals surface area contributed by atoms with E-state index < -0.39 is 17.5 Å². The molecule has 5 heteroatoms. The maximum atomic E-state index is 13.8. The first-order chi connectivity index (χ1) is 9.31. The maximum absolute atomic E-state index is 13.8. The largest absolute Gasteiger partial charge is 0.444 e. The first-order valence-corrected chi connectivity index (χ1v) is 6.25. The van der Waals surface area contributed by atoms with Gasteiger partial charge in [0, 0.05) is 5.56 Å². The van der Waals surface area contributed by atoms with E-state index in [-0.39, 0.29) is 5.69 Å². The molecular formula is C15H19FN2O2. The molecule has 1 aromatic carbocycles. The van der Waals surface area contributed by atoms with Crippen molar-refractivity contribution in [2.24, 2.45) is 0 Å². The van der Waals surface area contributed by atoms with Gasteiger partial charge in [-0.15, -0.1) is 0 Å². The predicted molar refractivity (Wildman–Crippen MR) is 77.1 cm³/mol. The molecule has 0 heterocycles. The molecule has 1 aromatic rings. The van der Waals surface area contributed by atoms with Gasteiger partial charge in [0.05, 0.1) is 12.2 Å². The Morgan fingerprint density at radius 3 is 2.65 bits per heavy atom. The minimum absolute atomic E-state index is 0.0680. The molecule has 0 aliphatic heterocycles. The van der Waals surface area contributed by atoms with E-state index in [4.69, 9.17) is 4.74 Å². The summed E-state index contributed by atoms with van der Waals surface area (Å²) in [6.07, 6.45) is -0.689. The maximum Gasteiger partial charge on any atom is 0.412 e. The molecular weight excluding hydrogens is 259 g/mol. The van der Waals surface area contributed by atoms with Crippen molar-refractivity contribution in [1.82, 2.24) is 5.32 Å². The van der Waals surface area contributed by atoms with Crippen LogP contribution in [0.4, 0.5) is 14.9 Å². The molecule has 0 aromatic heterocycles. The van der Waals surface area contributed by atoms with Gasteiger partial charge in [-0.05, 0) is 46.0 Å². The first-order valence-electron chi connectivity index (χ1n) is 6.25. The molecule has 1 rings (SSSR count). The Labute approximate surface area is 118 Å². The molecule has 0 spiro atoms. The second kappa shape index (κ2) is 6.92. The molecule has 0 aliphatic carbocycles. The molecule has 108 valence electrons. The van der Waals surface area contributed by atoms with Crippen molar-refractivity contribution >= 4 is 11.8 Å². The summed E-state index contributed by atoms with van der Waals surface area (Å²) in [7, 11) is 1.78. The van der Waals surface area contributed by atoms with Crippen molar-refractivity contribution in [1.29, 1.82) is 0 Å². The van der Waals surface area contributed by atoms with Crippen LogP contribution >= 0.6 is 0 Å². The van der Waals surface area contributed by atoms with Crippen molar-refractivity contribution in [2.75, 3.05) is 18.9 Å². The standard InChI is InChI=1S/C15H19FN2O2/c1-15(2,3)20-14(19)18-13-8-7-11(10-12(13)16)6-5-9-17-4/h7-8,10,17H,9H2,1-4H3,(H,18,19). The summed E-state index contributed by atoms with van der Waals surface area (Å²) in [5, 5.41) is 5.24. The van der Waals surface area contributed by atoms with Crippen LogP contribution in [0.5, 0.6) is 0 Å². The van der Waals surface area contributed by atoms with Gasteiger partial charge in [0.15, 0.2) is 0 Å². The Morgan fingerprint density at radius 1 is 1.40 bits per heavy atom. The monoisotopic (exact) mass is 278 g/mol. The van der Waals surface area contributed by atoms with Gasteiger partial charge in [0.2, 0.25) is 0 Å². The van der Waals surface area contributed by atoms with E-state index in [0.717, 1.165) is 0 Å². The van der Waals surface area contributed by atoms with E-state index in [2.05, 4.69) is 22.5 Å². The zero-order valence-corrected chi connectivity index (χ0v) is 12.1. The normalized spacial score (nSPS) is 10.4. The van der Waals surface area contributed by atoms with Crippen LogP contribution < -0.4 is 10.6 Å². The fourth-order valence-corrected chi connectivity index (χ4v) is 1.34. The molecule has 1 amide bonds. The molecule has 20 heavy (non-hydrogen) atoms. The highest BCUT2D eigenvalue weighted by atomic mass is 19.1.